The lowest BCUT2D eigenvalue weighted by molar-refractivity contribution is 0.102. The fourth-order valence-corrected chi connectivity index (χ4v) is 3.71. The van der Waals surface area contributed by atoms with Crippen LogP contribution in [0.15, 0.2) is 42.6 Å². The molecule has 7 nitrogen and oxygen atoms in total. The molecular formula is C28H35FN4O3. The van der Waals surface area contributed by atoms with E-state index in [0.717, 1.165) is 17.7 Å². The molecule has 3 aromatic rings. The highest BCUT2D eigenvalue weighted by molar-refractivity contribution is 6.15. The number of hydrogen-bond acceptors (Lipinski definition) is 6. The SMILES string of the molecule is CC[C@@H](C)[C@H](C)CO.CCc1ccc2c(c1)NC(=O)c1c(Nc3cc(O)c(C)cc3F)ccnc1N2. The second-order valence-electron chi connectivity index (χ2n) is 9.18. The number of anilines is 5. The lowest BCUT2D eigenvalue weighted by Crippen LogP contribution is -2.14. The molecule has 8 heteroatoms. The molecule has 0 aliphatic carbocycles. The van der Waals surface area contributed by atoms with Gasteiger partial charge >= 0.3 is 0 Å². The third-order valence-corrected chi connectivity index (χ3v) is 6.63. The number of carbonyl (C=O) groups is 1. The normalized spacial score (nSPS) is 13.6. The molecule has 36 heavy (non-hydrogen) atoms. The van der Waals surface area contributed by atoms with Gasteiger partial charge in [-0.05, 0) is 60.6 Å². The maximum atomic E-state index is 14.3. The van der Waals surface area contributed by atoms with Crippen molar-refractivity contribution in [3.05, 3.63) is 65.1 Å². The quantitative estimate of drug-likeness (QED) is 0.267. The average Bonchev–Trinajstić information content (AvgIpc) is 3.01. The van der Waals surface area contributed by atoms with E-state index in [1.54, 1.807) is 13.0 Å². The van der Waals surface area contributed by atoms with Crippen molar-refractivity contribution < 1.29 is 19.4 Å². The van der Waals surface area contributed by atoms with Gasteiger partial charge in [-0.1, -0.05) is 40.2 Å². The summed E-state index contributed by atoms with van der Waals surface area (Å²) in [5.74, 6) is 0.578. The van der Waals surface area contributed by atoms with Crippen LogP contribution in [0.1, 0.15) is 55.6 Å². The molecule has 1 aromatic heterocycles. The Kier molecular flexibility index (Phi) is 8.88. The molecule has 2 heterocycles. The smallest absolute Gasteiger partial charge is 0.261 e. The Bertz CT molecular complexity index is 1220. The number of halogens is 1. The van der Waals surface area contributed by atoms with E-state index in [0.29, 0.717) is 41.2 Å². The van der Waals surface area contributed by atoms with Crippen LogP contribution in [-0.4, -0.2) is 27.7 Å². The summed E-state index contributed by atoms with van der Waals surface area (Å²) in [5, 5.41) is 27.5. The van der Waals surface area contributed by atoms with Crippen LogP contribution in [0.4, 0.5) is 33.0 Å². The van der Waals surface area contributed by atoms with Gasteiger partial charge in [0.25, 0.3) is 5.91 Å². The highest BCUT2D eigenvalue weighted by Gasteiger charge is 2.24. The number of aromatic nitrogens is 1. The van der Waals surface area contributed by atoms with E-state index in [1.165, 1.54) is 24.8 Å². The molecule has 0 unspecified atom stereocenters. The van der Waals surface area contributed by atoms with Crippen molar-refractivity contribution in [1.29, 1.82) is 0 Å². The molecule has 1 aliphatic rings. The van der Waals surface area contributed by atoms with Crippen molar-refractivity contribution in [2.75, 3.05) is 22.6 Å². The number of aliphatic hydroxyl groups excluding tert-OH is 1. The van der Waals surface area contributed by atoms with Crippen molar-refractivity contribution in [2.24, 2.45) is 11.8 Å². The summed E-state index contributed by atoms with van der Waals surface area (Å²) in [6.45, 7) is 10.4. The predicted molar refractivity (Wildman–Crippen MR) is 143 cm³/mol. The summed E-state index contributed by atoms with van der Waals surface area (Å²) in [4.78, 5) is 17.2. The molecule has 0 bridgehead atoms. The first-order valence-electron chi connectivity index (χ1n) is 12.3. The number of nitrogens with one attached hydrogen (secondary N) is 3. The van der Waals surface area contributed by atoms with Gasteiger partial charge in [-0.25, -0.2) is 9.37 Å². The van der Waals surface area contributed by atoms with Crippen molar-refractivity contribution >= 4 is 34.5 Å². The molecule has 4 rings (SSSR count). The molecule has 0 radical (unpaired) electrons. The van der Waals surface area contributed by atoms with Crippen molar-refractivity contribution in [2.45, 2.75) is 47.5 Å². The number of rotatable bonds is 6. The second-order valence-corrected chi connectivity index (χ2v) is 9.18. The molecule has 1 aliphatic heterocycles. The minimum atomic E-state index is -0.529. The lowest BCUT2D eigenvalue weighted by atomic mass is 9.95. The van der Waals surface area contributed by atoms with Crippen LogP contribution in [0.5, 0.6) is 5.75 Å². The van der Waals surface area contributed by atoms with Gasteiger partial charge in [-0.3, -0.25) is 4.79 Å². The van der Waals surface area contributed by atoms with Gasteiger partial charge in [0.15, 0.2) is 0 Å². The number of aromatic hydroxyl groups is 1. The van der Waals surface area contributed by atoms with Crippen molar-refractivity contribution in [3.8, 4) is 5.75 Å². The van der Waals surface area contributed by atoms with Crippen LogP contribution in [-0.2, 0) is 6.42 Å². The Balaban J connectivity index is 0.000000392. The number of nitrogens with zero attached hydrogens (tertiary/aromatic N) is 1. The zero-order valence-corrected chi connectivity index (χ0v) is 21.4. The maximum Gasteiger partial charge on any atom is 0.261 e. The largest absolute Gasteiger partial charge is 0.508 e. The minimum Gasteiger partial charge on any atom is -0.508 e. The molecule has 0 fully saturated rings. The Morgan fingerprint density at radius 2 is 1.78 bits per heavy atom. The van der Waals surface area contributed by atoms with Gasteiger partial charge in [0.05, 0.1) is 22.7 Å². The number of pyridine rings is 1. The fraction of sp³-hybridized carbons (Fsp3) is 0.357. The van der Waals surface area contributed by atoms with E-state index >= 15 is 0 Å². The number of hydrogen-bond donors (Lipinski definition) is 5. The summed E-state index contributed by atoms with van der Waals surface area (Å²) in [6.07, 6.45) is 3.54. The van der Waals surface area contributed by atoms with Crippen LogP contribution < -0.4 is 16.0 Å². The fourth-order valence-electron chi connectivity index (χ4n) is 3.71. The number of aliphatic hydroxyl groups is 1. The second kappa shape index (κ2) is 11.9. The summed E-state index contributed by atoms with van der Waals surface area (Å²) in [6, 6.07) is 9.90. The Hall–Kier alpha value is -3.65. The molecule has 1 amide bonds. The summed E-state index contributed by atoms with van der Waals surface area (Å²) >= 11 is 0. The minimum absolute atomic E-state index is 0.0360. The molecule has 192 valence electrons. The van der Waals surface area contributed by atoms with Gasteiger partial charge in [-0.2, -0.15) is 0 Å². The lowest BCUT2D eigenvalue weighted by Gasteiger charge is -2.14. The van der Waals surface area contributed by atoms with Crippen LogP contribution in [0.2, 0.25) is 0 Å². The summed E-state index contributed by atoms with van der Waals surface area (Å²) in [7, 11) is 0. The third-order valence-electron chi connectivity index (χ3n) is 6.63. The first-order chi connectivity index (χ1) is 17.2. The first-order valence-corrected chi connectivity index (χ1v) is 12.3. The van der Waals surface area contributed by atoms with Crippen molar-refractivity contribution in [1.82, 2.24) is 4.98 Å². The third kappa shape index (κ3) is 6.12. The van der Waals surface area contributed by atoms with Crippen LogP contribution in [0.3, 0.4) is 0 Å². The monoisotopic (exact) mass is 494 g/mol. The van der Waals surface area contributed by atoms with Gasteiger partial charge < -0.3 is 26.2 Å². The molecule has 2 atom stereocenters. The molecular weight excluding hydrogens is 459 g/mol. The van der Waals surface area contributed by atoms with E-state index in [2.05, 4.69) is 41.7 Å². The number of fused-ring (bicyclic) bond motifs is 2. The van der Waals surface area contributed by atoms with E-state index < -0.39 is 5.82 Å². The van der Waals surface area contributed by atoms with Gasteiger partial charge in [0.2, 0.25) is 0 Å². The number of phenolic OH excluding ortho intramolecular Hbond substituents is 1. The Labute approximate surface area is 211 Å². The highest BCUT2D eigenvalue weighted by Crippen LogP contribution is 2.36. The molecule has 0 saturated carbocycles. The van der Waals surface area contributed by atoms with Crippen LogP contribution >= 0.6 is 0 Å². The van der Waals surface area contributed by atoms with Gasteiger partial charge in [-0.15, -0.1) is 0 Å². The van der Waals surface area contributed by atoms with Crippen LogP contribution in [0.25, 0.3) is 0 Å². The molecule has 2 aromatic carbocycles. The molecule has 0 saturated heterocycles. The zero-order chi connectivity index (χ0) is 26.4. The summed E-state index contributed by atoms with van der Waals surface area (Å²) in [5.41, 5.74) is 3.62. The number of carbonyl (C=O) groups excluding carboxylic acids is 1. The average molecular weight is 495 g/mol. The standard InChI is InChI=1S/C21H19FN4O2.C7H16O/c1-3-12-4-5-14-17(9-12)26-21(28)19-15(6-7-23-20(19)25-14)24-16-10-18(27)11(2)8-13(16)22;1-4-6(2)7(3)5-8/h4-10,27H,3H2,1-2H3,(H,26,28)(H2,23,24,25);6-8H,4-5H2,1-3H3/t;6-,7-/m.1/s1. The Morgan fingerprint density at radius 1 is 1.03 bits per heavy atom. The van der Waals surface area contributed by atoms with E-state index in [-0.39, 0.29) is 22.9 Å². The number of aryl methyl sites for hydroxylation is 2. The number of phenols is 1. The Morgan fingerprint density at radius 3 is 2.42 bits per heavy atom. The predicted octanol–water partition coefficient (Wildman–Crippen LogP) is 6.51. The number of benzene rings is 2. The van der Waals surface area contributed by atoms with E-state index in [9.17, 15) is 14.3 Å². The van der Waals surface area contributed by atoms with Crippen molar-refractivity contribution in [3.63, 3.8) is 0 Å². The zero-order valence-electron chi connectivity index (χ0n) is 21.4. The van der Waals surface area contributed by atoms with E-state index in [1.807, 2.05) is 25.1 Å². The summed E-state index contributed by atoms with van der Waals surface area (Å²) < 4.78 is 14.3. The molecule has 0 spiro atoms. The maximum absolute atomic E-state index is 14.3. The van der Waals surface area contributed by atoms with E-state index in [4.69, 9.17) is 5.11 Å². The van der Waals surface area contributed by atoms with Crippen LogP contribution in [0, 0.1) is 24.6 Å². The highest BCUT2D eigenvalue weighted by atomic mass is 19.1. The first kappa shape index (κ1) is 26.9. The number of amides is 1. The molecule has 5 N–H and O–H groups in total. The van der Waals surface area contributed by atoms with Gasteiger partial charge in [0, 0.05) is 18.9 Å². The van der Waals surface area contributed by atoms with Gasteiger partial charge in [0.1, 0.15) is 22.9 Å². The topological polar surface area (TPSA) is 107 Å².